The van der Waals surface area contributed by atoms with E-state index in [9.17, 15) is 14.9 Å². The van der Waals surface area contributed by atoms with Crippen molar-refractivity contribution in [3.8, 4) is 5.69 Å². The van der Waals surface area contributed by atoms with Gasteiger partial charge in [-0.1, -0.05) is 29.8 Å². The van der Waals surface area contributed by atoms with E-state index in [2.05, 4.69) is 10.1 Å². The highest BCUT2D eigenvalue weighted by Crippen LogP contribution is 2.19. The first-order chi connectivity index (χ1) is 13.4. The number of aryl methyl sites for hydroxylation is 2. The Morgan fingerprint density at radius 2 is 1.96 bits per heavy atom. The molecule has 2 aromatic heterocycles. The van der Waals surface area contributed by atoms with Gasteiger partial charge in [-0.05, 0) is 31.0 Å². The minimum absolute atomic E-state index is 0.0118. The minimum Gasteiger partial charge on any atom is -0.294 e. The van der Waals surface area contributed by atoms with E-state index in [1.54, 1.807) is 16.8 Å². The third-order valence-corrected chi connectivity index (χ3v) is 4.61. The number of benzene rings is 2. The SMILES string of the molecule is Cc1ccc(-n2ncc3c(=O)n(Cc4cccc([N+](=O)[O-])c4)cnc32)c(C)c1. The highest BCUT2D eigenvalue weighted by molar-refractivity contribution is 5.75. The normalized spacial score (nSPS) is 11.1. The van der Waals surface area contributed by atoms with E-state index in [1.165, 1.54) is 29.2 Å². The third kappa shape index (κ3) is 3.05. The Bertz CT molecular complexity index is 1270. The molecule has 8 nitrogen and oxygen atoms in total. The van der Waals surface area contributed by atoms with Crippen molar-refractivity contribution in [3.05, 3.63) is 92.1 Å². The van der Waals surface area contributed by atoms with E-state index in [1.807, 2.05) is 32.0 Å². The standard InChI is InChI=1S/C20H17N5O3/c1-13-6-7-18(14(2)8-13)24-19-17(10-22-24)20(26)23(12-21-19)11-15-4-3-5-16(9-15)25(27)28/h3-10,12H,11H2,1-2H3. The van der Waals surface area contributed by atoms with Crippen LogP contribution in [0.2, 0.25) is 0 Å². The number of non-ortho nitro benzene ring substituents is 1. The summed E-state index contributed by atoms with van der Waals surface area (Å²) in [5, 5.41) is 15.7. The number of fused-ring (bicyclic) bond motifs is 1. The van der Waals surface area contributed by atoms with Crippen molar-refractivity contribution < 1.29 is 4.92 Å². The fourth-order valence-corrected chi connectivity index (χ4v) is 3.25. The summed E-state index contributed by atoms with van der Waals surface area (Å²) < 4.78 is 3.08. The smallest absolute Gasteiger partial charge is 0.269 e. The van der Waals surface area contributed by atoms with Crippen LogP contribution < -0.4 is 5.56 Å². The Morgan fingerprint density at radius 1 is 1.14 bits per heavy atom. The van der Waals surface area contributed by atoms with Crippen LogP contribution in [-0.4, -0.2) is 24.3 Å². The van der Waals surface area contributed by atoms with Crippen LogP contribution in [0.1, 0.15) is 16.7 Å². The van der Waals surface area contributed by atoms with Crippen molar-refractivity contribution >= 4 is 16.7 Å². The van der Waals surface area contributed by atoms with Gasteiger partial charge in [0, 0.05) is 12.1 Å². The summed E-state index contributed by atoms with van der Waals surface area (Å²) in [6.45, 7) is 4.19. The van der Waals surface area contributed by atoms with Crippen LogP contribution in [0, 0.1) is 24.0 Å². The second kappa shape index (κ2) is 6.73. The molecule has 2 heterocycles. The predicted molar refractivity (Wildman–Crippen MR) is 105 cm³/mol. The van der Waals surface area contributed by atoms with Crippen molar-refractivity contribution in [2.45, 2.75) is 20.4 Å². The monoisotopic (exact) mass is 375 g/mol. The second-order valence-electron chi connectivity index (χ2n) is 6.69. The molecule has 0 N–H and O–H groups in total. The Balaban J connectivity index is 1.76. The molecule has 0 aliphatic heterocycles. The lowest BCUT2D eigenvalue weighted by Gasteiger charge is -2.09. The Hall–Kier alpha value is -3.81. The Labute approximate surface area is 159 Å². The van der Waals surface area contributed by atoms with E-state index in [0.29, 0.717) is 16.6 Å². The highest BCUT2D eigenvalue weighted by Gasteiger charge is 2.14. The number of nitro groups is 1. The van der Waals surface area contributed by atoms with E-state index in [4.69, 9.17) is 0 Å². The fraction of sp³-hybridized carbons (Fsp3) is 0.150. The molecule has 0 amide bonds. The number of rotatable bonds is 4. The molecular formula is C20H17N5O3. The van der Waals surface area contributed by atoms with E-state index in [-0.39, 0.29) is 17.8 Å². The van der Waals surface area contributed by atoms with Crippen LogP contribution in [-0.2, 0) is 6.54 Å². The number of hydrogen-bond donors (Lipinski definition) is 0. The molecule has 0 radical (unpaired) electrons. The predicted octanol–water partition coefficient (Wildman–Crippen LogP) is 3.16. The molecule has 4 rings (SSSR count). The van der Waals surface area contributed by atoms with Gasteiger partial charge in [-0.2, -0.15) is 5.10 Å². The van der Waals surface area contributed by atoms with Gasteiger partial charge in [0.15, 0.2) is 5.65 Å². The number of hydrogen-bond acceptors (Lipinski definition) is 5. The first-order valence-corrected chi connectivity index (χ1v) is 8.68. The van der Waals surface area contributed by atoms with Crippen molar-refractivity contribution in [1.82, 2.24) is 19.3 Å². The van der Waals surface area contributed by atoms with Crippen LogP contribution in [0.15, 0.2) is 59.8 Å². The van der Waals surface area contributed by atoms with Crippen LogP contribution >= 0.6 is 0 Å². The van der Waals surface area contributed by atoms with Crippen molar-refractivity contribution in [2.24, 2.45) is 0 Å². The molecule has 0 unspecified atom stereocenters. The lowest BCUT2D eigenvalue weighted by molar-refractivity contribution is -0.384. The second-order valence-corrected chi connectivity index (χ2v) is 6.69. The van der Waals surface area contributed by atoms with Crippen molar-refractivity contribution in [3.63, 3.8) is 0 Å². The molecule has 0 saturated carbocycles. The van der Waals surface area contributed by atoms with Crippen molar-refractivity contribution in [2.75, 3.05) is 0 Å². The van der Waals surface area contributed by atoms with Crippen LogP contribution in [0.3, 0.4) is 0 Å². The lowest BCUT2D eigenvalue weighted by atomic mass is 10.1. The molecule has 8 heteroatoms. The molecule has 2 aromatic carbocycles. The van der Waals surface area contributed by atoms with Crippen LogP contribution in [0.5, 0.6) is 0 Å². The molecular weight excluding hydrogens is 358 g/mol. The molecule has 4 aromatic rings. The molecule has 140 valence electrons. The molecule has 0 saturated heterocycles. The Kier molecular flexibility index (Phi) is 4.23. The van der Waals surface area contributed by atoms with Gasteiger partial charge in [0.05, 0.1) is 23.4 Å². The average Bonchev–Trinajstić information content (AvgIpc) is 3.09. The summed E-state index contributed by atoms with van der Waals surface area (Å²) in [6, 6.07) is 12.2. The molecule has 0 atom stereocenters. The molecule has 0 spiro atoms. The number of aromatic nitrogens is 4. The topological polar surface area (TPSA) is 95.8 Å². The molecule has 0 bridgehead atoms. The zero-order chi connectivity index (χ0) is 19.8. The first kappa shape index (κ1) is 17.6. The van der Waals surface area contributed by atoms with Gasteiger partial charge in [0.2, 0.25) is 0 Å². The number of nitro benzene ring substituents is 1. The summed E-state index contributed by atoms with van der Waals surface area (Å²) in [7, 11) is 0. The summed E-state index contributed by atoms with van der Waals surface area (Å²) >= 11 is 0. The maximum Gasteiger partial charge on any atom is 0.269 e. The minimum atomic E-state index is -0.457. The zero-order valence-corrected chi connectivity index (χ0v) is 15.4. The maximum atomic E-state index is 12.9. The molecule has 28 heavy (non-hydrogen) atoms. The van der Waals surface area contributed by atoms with E-state index < -0.39 is 4.92 Å². The summed E-state index contributed by atoms with van der Waals surface area (Å²) in [5.41, 5.74) is 3.92. The van der Waals surface area contributed by atoms with Crippen LogP contribution in [0.4, 0.5) is 5.69 Å². The van der Waals surface area contributed by atoms with Gasteiger partial charge in [-0.15, -0.1) is 0 Å². The molecule has 0 aliphatic carbocycles. The van der Waals surface area contributed by atoms with Gasteiger partial charge >= 0.3 is 0 Å². The van der Waals surface area contributed by atoms with Gasteiger partial charge in [0.1, 0.15) is 11.7 Å². The summed E-state index contributed by atoms with van der Waals surface area (Å²) in [6.07, 6.45) is 2.96. The largest absolute Gasteiger partial charge is 0.294 e. The van der Waals surface area contributed by atoms with Crippen molar-refractivity contribution in [1.29, 1.82) is 0 Å². The van der Waals surface area contributed by atoms with Gasteiger partial charge in [-0.3, -0.25) is 19.5 Å². The average molecular weight is 375 g/mol. The lowest BCUT2D eigenvalue weighted by Crippen LogP contribution is -2.21. The molecule has 0 aliphatic rings. The summed E-state index contributed by atoms with van der Waals surface area (Å²) in [4.78, 5) is 27.8. The number of nitrogens with zero attached hydrogens (tertiary/aromatic N) is 5. The highest BCUT2D eigenvalue weighted by atomic mass is 16.6. The van der Waals surface area contributed by atoms with Gasteiger partial charge in [-0.25, -0.2) is 9.67 Å². The third-order valence-electron chi connectivity index (χ3n) is 4.61. The Morgan fingerprint density at radius 3 is 2.71 bits per heavy atom. The van der Waals surface area contributed by atoms with Crippen LogP contribution in [0.25, 0.3) is 16.7 Å². The fourth-order valence-electron chi connectivity index (χ4n) is 3.25. The molecule has 0 fully saturated rings. The zero-order valence-electron chi connectivity index (χ0n) is 15.4. The van der Waals surface area contributed by atoms with E-state index >= 15 is 0 Å². The maximum absolute atomic E-state index is 12.9. The first-order valence-electron chi connectivity index (χ1n) is 8.68. The van der Waals surface area contributed by atoms with Gasteiger partial charge < -0.3 is 0 Å². The van der Waals surface area contributed by atoms with Gasteiger partial charge in [0.25, 0.3) is 11.2 Å². The summed E-state index contributed by atoms with van der Waals surface area (Å²) in [5.74, 6) is 0. The van der Waals surface area contributed by atoms with E-state index in [0.717, 1.165) is 16.8 Å². The quantitative estimate of drug-likeness (QED) is 0.403.